The Kier molecular flexibility index (Phi) is 3.60. The third kappa shape index (κ3) is 2.56. The van der Waals surface area contributed by atoms with Gasteiger partial charge in [-0.25, -0.2) is 0 Å². The molecule has 1 atom stereocenters. The molecule has 17 heavy (non-hydrogen) atoms. The fraction of sp³-hybridized carbons (Fsp3) is 0.250. The van der Waals surface area contributed by atoms with Gasteiger partial charge < -0.3 is 5.11 Å². The summed E-state index contributed by atoms with van der Waals surface area (Å²) >= 11 is 0. The fourth-order valence-electron chi connectivity index (χ4n) is 2.18. The number of aliphatic hydroxyl groups is 1. The van der Waals surface area contributed by atoms with Crippen LogP contribution in [-0.2, 0) is 6.61 Å². The normalized spacial score (nSPS) is 12.4. The van der Waals surface area contributed by atoms with Crippen LogP contribution >= 0.6 is 0 Å². The molecule has 2 aromatic rings. The van der Waals surface area contributed by atoms with Crippen LogP contribution in [0.1, 0.15) is 35.1 Å². The average Bonchev–Trinajstić information content (AvgIpc) is 2.39. The summed E-state index contributed by atoms with van der Waals surface area (Å²) in [5.41, 5.74) is 4.86. The molecule has 2 rings (SSSR count). The van der Waals surface area contributed by atoms with Gasteiger partial charge in [-0.1, -0.05) is 55.5 Å². The molecule has 0 spiro atoms. The van der Waals surface area contributed by atoms with Gasteiger partial charge in [0.15, 0.2) is 0 Å². The third-order valence-corrected chi connectivity index (χ3v) is 3.29. The highest BCUT2D eigenvalue weighted by molar-refractivity contribution is 5.39. The molecule has 1 unspecified atom stereocenters. The molecule has 0 bridgehead atoms. The Morgan fingerprint density at radius 1 is 1.06 bits per heavy atom. The summed E-state index contributed by atoms with van der Waals surface area (Å²) in [6.07, 6.45) is 0. The second-order valence-corrected chi connectivity index (χ2v) is 4.48. The Balaban J connectivity index is 2.40. The summed E-state index contributed by atoms with van der Waals surface area (Å²) in [5, 5.41) is 9.21. The molecule has 0 aliphatic rings. The van der Waals surface area contributed by atoms with Crippen LogP contribution in [0.4, 0.5) is 0 Å². The van der Waals surface area contributed by atoms with Crippen LogP contribution in [-0.4, -0.2) is 5.11 Å². The molecular formula is C16H18O. The smallest absolute Gasteiger partial charge is 0.0681 e. The Morgan fingerprint density at radius 3 is 2.41 bits per heavy atom. The Morgan fingerprint density at radius 2 is 1.76 bits per heavy atom. The molecule has 88 valence electrons. The molecule has 0 saturated carbocycles. The van der Waals surface area contributed by atoms with E-state index in [4.69, 9.17) is 0 Å². The van der Waals surface area contributed by atoms with Gasteiger partial charge in [-0.15, -0.1) is 0 Å². The zero-order valence-electron chi connectivity index (χ0n) is 10.4. The van der Waals surface area contributed by atoms with Gasteiger partial charge in [0.1, 0.15) is 0 Å². The molecule has 1 nitrogen and oxygen atoms in total. The maximum absolute atomic E-state index is 9.21. The van der Waals surface area contributed by atoms with Crippen LogP contribution in [0.25, 0.3) is 0 Å². The van der Waals surface area contributed by atoms with Crippen molar-refractivity contribution in [2.24, 2.45) is 0 Å². The van der Waals surface area contributed by atoms with Gasteiger partial charge in [-0.3, -0.25) is 0 Å². The van der Waals surface area contributed by atoms with E-state index in [0.29, 0.717) is 5.92 Å². The summed E-state index contributed by atoms with van der Waals surface area (Å²) in [4.78, 5) is 0. The van der Waals surface area contributed by atoms with E-state index in [-0.39, 0.29) is 6.61 Å². The highest BCUT2D eigenvalue weighted by atomic mass is 16.3. The van der Waals surface area contributed by atoms with Crippen LogP contribution in [0.15, 0.2) is 48.5 Å². The van der Waals surface area contributed by atoms with Crippen molar-refractivity contribution in [2.75, 3.05) is 0 Å². The predicted octanol–water partition coefficient (Wildman–Crippen LogP) is 3.64. The SMILES string of the molecule is Cc1ccc(CO)cc1C(C)c1ccccc1. The van der Waals surface area contributed by atoms with E-state index in [9.17, 15) is 5.11 Å². The lowest BCUT2D eigenvalue weighted by Crippen LogP contribution is -2.00. The van der Waals surface area contributed by atoms with E-state index in [1.807, 2.05) is 12.1 Å². The van der Waals surface area contributed by atoms with E-state index in [1.165, 1.54) is 16.7 Å². The number of rotatable bonds is 3. The Hall–Kier alpha value is -1.60. The Bertz CT molecular complexity index is 488. The minimum Gasteiger partial charge on any atom is -0.392 e. The number of benzene rings is 2. The largest absolute Gasteiger partial charge is 0.392 e. The first-order valence-electron chi connectivity index (χ1n) is 5.97. The number of hydrogen-bond donors (Lipinski definition) is 1. The van der Waals surface area contributed by atoms with Gasteiger partial charge >= 0.3 is 0 Å². The van der Waals surface area contributed by atoms with E-state index >= 15 is 0 Å². The number of aryl methyl sites for hydroxylation is 1. The second-order valence-electron chi connectivity index (χ2n) is 4.48. The Labute approximate surface area is 103 Å². The van der Waals surface area contributed by atoms with Crippen molar-refractivity contribution in [3.05, 3.63) is 70.8 Å². The molecule has 1 heteroatoms. The topological polar surface area (TPSA) is 20.2 Å². The van der Waals surface area contributed by atoms with Gasteiger partial charge in [-0.05, 0) is 29.2 Å². The van der Waals surface area contributed by atoms with Crippen molar-refractivity contribution < 1.29 is 5.11 Å². The van der Waals surface area contributed by atoms with Gasteiger partial charge in [0.25, 0.3) is 0 Å². The monoisotopic (exact) mass is 226 g/mol. The van der Waals surface area contributed by atoms with Crippen molar-refractivity contribution in [1.29, 1.82) is 0 Å². The summed E-state index contributed by atoms with van der Waals surface area (Å²) in [7, 11) is 0. The van der Waals surface area contributed by atoms with Crippen LogP contribution in [0, 0.1) is 6.92 Å². The van der Waals surface area contributed by atoms with E-state index in [0.717, 1.165) is 5.56 Å². The first kappa shape index (κ1) is 11.9. The van der Waals surface area contributed by atoms with Gasteiger partial charge in [0, 0.05) is 5.92 Å². The predicted molar refractivity (Wildman–Crippen MR) is 71.1 cm³/mol. The fourth-order valence-corrected chi connectivity index (χ4v) is 2.18. The molecule has 0 fully saturated rings. The van der Waals surface area contributed by atoms with Crippen molar-refractivity contribution in [2.45, 2.75) is 26.4 Å². The maximum Gasteiger partial charge on any atom is 0.0681 e. The van der Waals surface area contributed by atoms with Crippen molar-refractivity contribution in [1.82, 2.24) is 0 Å². The molecule has 0 amide bonds. The van der Waals surface area contributed by atoms with E-state index in [1.54, 1.807) is 0 Å². The molecular weight excluding hydrogens is 208 g/mol. The first-order valence-corrected chi connectivity index (χ1v) is 5.97. The lowest BCUT2D eigenvalue weighted by molar-refractivity contribution is 0.281. The molecule has 1 N–H and O–H groups in total. The van der Waals surface area contributed by atoms with Crippen molar-refractivity contribution in [3.63, 3.8) is 0 Å². The summed E-state index contributed by atoms with van der Waals surface area (Å²) < 4.78 is 0. The lowest BCUT2D eigenvalue weighted by Gasteiger charge is -2.16. The van der Waals surface area contributed by atoms with Crippen molar-refractivity contribution in [3.8, 4) is 0 Å². The molecule has 0 aromatic heterocycles. The van der Waals surface area contributed by atoms with Gasteiger partial charge in [-0.2, -0.15) is 0 Å². The summed E-state index contributed by atoms with van der Waals surface area (Å²) in [6, 6.07) is 16.6. The van der Waals surface area contributed by atoms with E-state index in [2.05, 4.69) is 50.2 Å². The van der Waals surface area contributed by atoms with Crippen LogP contribution in [0.5, 0.6) is 0 Å². The molecule has 0 aliphatic heterocycles. The standard InChI is InChI=1S/C16H18O/c1-12-8-9-14(11-17)10-16(12)13(2)15-6-4-3-5-7-15/h3-10,13,17H,11H2,1-2H3. The minimum atomic E-state index is 0.106. The van der Waals surface area contributed by atoms with Gasteiger partial charge in [0.2, 0.25) is 0 Å². The number of aliphatic hydroxyl groups excluding tert-OH is 1. The quantitative estimate of drug-likeness (QED) is 0.847. The average molecular weight is 226 g/mol. The zero-order chi connectivity index (χ0) is 12.3. The minimum absolute atomic E-state index is 0.106. The molecule has 2 aromatic carbocycles. The van der Waals surface area contributed by atoms with Crippen LogP contribution in [0.2, 0.25) is 0 Å². The second kappa shape index (κ2) is 5.15. The van der Waals surface area contributed by atoms with Crippen LogP contribution in [0.3, 0.4) is 0 Å². The third-order valence-electron chi connectivity index (χ3n) is 3.29. The lowest BCUT2D eigenvalue weighted by atomic mass is 9.89. The maximum atomic E-state index is 9.21. The first-order chi connectivity index (χ1) is 8.22. The highest BCUT2D eigenvalue weighted by Crippen LogP contribution is 2.27. The molecule has 0 radical (unpaired) electrons. The van der Waals surface area contributed by atoms with Gasteiger partial charge in [0.05, 0.1) is 6.61 Å². The zero-order valence-corrected chi connectivity index (χ0v) is 10.4. The highest BCUT2D eigenvalue weighted by Gasteiger charge is 2.10. The number of hydrogen-bond acceptors (Lipinski definition) is 1. The molecule has 0 aliphatic carbocycles. The van der Waals surface area contributed by atoms with Crippen LogP contribution < -0.4 is 0 Å². The van der Waals surface area contributed by atoms with E-state index < -0.39 is 0 Å². The summed E-state index contributed by atoms with van der Waals surface area (Å²) in [6.45, 7) is 4.43. The summed E-state index contributed by atoms with van der Waals surface area (Å²) in [5.74, 6) is 0.364. The molecule has 0 saturated heterocycles. The van der Waals surface area contributed by atoms with Crippen molar-refractivity contribution >= 4 is 0 Å². The molecule has 0 heterocycles.